The van der Waals surface area contributed by atoms with Crippen LogP contribution in [0, 0.1) is 0 Å². The van der Waals surface area contributed by atoms with Crippen molar-refractivity contribution in [2.75, 3.05) is 0 Å². The maximum absolute atomic E-state index is 9.18. The van der Waals surface area contributed by atoms with Gasteiger partial charge in [0.25, 0.3) is 6.01 Å². The minimum Gasteiger partial charge on any atom is -0.492 e. The first-order valence-corrected chi connectivity index (χ1v) is 3.25. The molecule has 0 saturated carbocycles. The van der Waals surface area contributed by atoms with Gasteiger partial charge >= 0.3 is 0 Å². The Labute approximate surface area is 67.5 Å². The lowest BCUT2D eigenvalue weighted by Crippen LogP contribution is -2.00. The van der Waals surface area contributed by atoms with Crippen LogP contribution < -0.4 is 0 Å². The molecule has 0 amide bonds. The lowest BCUT2D eigenvalue weighted by atomic mass is 10.4. The van der Waals surface area contributed by atoms with E-state index in [0.29, 0.717) is 5.82 Å². The van der Waals surface area contributed by atoms with Gasteiger partial charge in [0, 0.05) is 7.05 Å². The van der Waals surface area contributed by atoms with E-state index in [4.69, 9.17) is 5.11 Å². The van der Waals surface area contributed by atoms with Crippen LogP contribution in [-0.2, 0) is 7.05 Å². The highest BCUT2D eigenvalue weighted by Crippen LogP contribution is 2.27. The first-order chi connectivity index (χ1) is 5.70. The van der Waals surface area contributed by atoms with Gasteiger partial charge in [-0.05, 0) is 0 Å². The van der Waals surface area contributed by atoms with Gasteiger partial charge in [-0.2, -0.15) is 4.98 Å². The van der Waals surface area contributed by atoms with E-state index in [1.165, 1.54) is 10.9 Å². The molecule has 6 nitrogen and oxygen atoms in total. The highest BCUT2D eigenvalue weighted by molar-refractivity contribution is 5.58. The van der Waals surface area contributed by atoms with Gasteiger partial charge in [-0.25, -0.2) is 9.97 Å². The van der Waals surface area contributed by atoms with Crippen LogP contribution in [0.3, 0.4) is 0 Å². The topological polar surface area (TPSA) is 84.1 Å². The third-order valence-corrected chi connectivity index (χ3v) is 1.61. The molecule has 6 heteroatoms. The Bertz CT molecular complexity index is 397. The third-order valence-electron chi connectivity index (χ3n) is 1.61. The Morgan fingerprint density at radius 2 is 2.08 bits per heavy atom. The van der Waals surface area contributed by atoms with Crippen molar-refractivity contribution in [3.8, 4) is 23.4 Å². The van der Waals surface area contributed by atoms with Crippen molar-refractivity contribution in [3.05, 3.63) is 6.33 Å². The largest absolute Gasteiger partial charge is 0.492 e. The van der Waals surface area contributed by atoms with Crippen LogP contribution in [0.15, 0.2) is 6.33 Å². The smallest absolute Gasteiger partial charge is 0.298 e. The molecular weight excluding hydrogens is 160 g/mol. The number of imidazole rings is 1. The van der Waals surface area contributed by atoms with E-state index in [1.807, 2.05) is 0 Å². The maximum atomic E-state index is 9.18. The Balaban J connectivity index is 2.86. The van der Waals surface area contributed by atoms with Crippen LogP contribution in [0.4, 0.5) is 0 Å². The zero-order valence-corrected chi connectivity index (χ0v) is 6.26. The molecule has 2 rings (SSSR count). The van der Waals surface area contributed by atoms with Crippen molar-refractivity contribution in [2.24, 2.45) is 7.05 Å². The zero-order valence-electron chi connectivity index (χ0n) is 6.26. The minimum atomic E-state index is -0.307. The molecule has 0 spiro atoms. The van der Waals surface area contributed by atoms with E-state index in [1.54, 1.807) is 7.05 Å². The van der Waals surface area contributed by atoms with Crippen LogP contribution in [0.25, 0.3) is 11.5 Å². The molecule has 2 aliphatic heterocycles. The van der Waals surface area contributed by atoms with Gasteiger partial charge in [0.05, 0.1) is 0 Å². The number of aromatic nitrogens is 4. The van der Waals surface area contributed by atoms with Crippen molar-refractivity contribution in [1.82, 2.24) is 19.5 Å². The van der Waals surface area contributed by atoms with E-state index < -0.39 is 0 Å². The van der Waals surface area contributed by atoms with Crippen molar-refractivity contribution >= 4 is 0 Å². The molecular formula is C6H6N4O2. The van der Waals surface area contributed by atoms with Crippen LogP contribution in [0.2, 0.25) is 0 Å². The van der Waals surface area contributed by atoms with Crippen LogP contribution in [-0.4, -0.2) is 29.7 Å². The SMILES string of the molecule is Cn1c(O)nc(O)c2ncnc1-2. The quantitative estimate of drug-likeness (QED) is 0.562. The normalized spacial score (nSPS) is 10.8. The van der Waals surface area contributed by atoms with Crippen molar-refractivity contribution in [3.63, 3.8) is 0 Å². The lowest BCUT2D eigenvalue weighted by molar-refractivity contribution is 0.377. The molecule has 0 saturated heterocycles. The molecule has 0 atom stereocenters. The van der Waals surface area contributed by atoms with Crippen molar-refractivity contribution in [2.45, 2.75) is 0 Å². The number of fused-ring (bicyclic) bond motifs is 1. The van der Waals surface area contributed by atoms with Gasteiger partial charge in [-0.3, -0.25) is 4.57 Å². The van der Waals surface area contributed by atoms with E-state index in [2.05, 4.69) is 15.0 Å². The molecule has 2 N–H and O–H groups in total. The highest BCUT2D eigenvalue weighted by Gasteiger charge is 2.17. The number of hydrogen-bond donors (Lipinski definition) is 2. The molecule has 0 unspecified atom stereocenters. The molecule has 2 aliphatic rings. The number of aromatic hydroxyl groups is 2. The molecule has 0 aromatic carbocycles. The van der Waals surface area contributed by atoms with Crippen LogP contribution in [0.5, 0.6) is 11.9 Å². The molecule has 0 aromatic rings. The van der Waals surface area contributed by atoms with Gasteiger partial charge in [0.1, 0.15) is 6.33 Å². The predicted molar refractivity (Wildman–Crippen MR) is 38.7 cm³/mol. The van der Waals surface area contributed by atoms with Gasteiger partial charge in [-0.1, -0.05) is 0 Å². The Hall–Kier alpha value is -1.85. The first kappa shape index (κ1) is 6.84. The Morgan fingerprint density at radius 3 is 2.83 bits per heavy atom. The Morgan fingerprint density at radius 1 is 1.33 bits per heavy atom. The summed E-state index contributed by atoms with van der Waals surface area (Å²) in [6, 6.07) is -0.291. The van der Waals surface area contributed by atoms with E-state index in [9.17, 15) is 5.11 Å². The number of nitrogens with zero attached hydrogens (tertiary/aromatic N) is 4. The van der Waals surface area contributed by atoms with E-state index in [0.717, 1.165) is 0 Å². The summed E-state index contributed by atoms with van der Waals surface area (Å²) in [6.45, 7) is 0. The second kappa shape index (κ2) is 2.07. The fraction of sp³-hybridized carbons (Fsp3) is 0.167. The number of hydrogen-bond acceptors (Lipinski definition) is 5. The van der Waals surface area contributed by atoms with Gasteiger partial charge in [0.2, 0.25) is 5.88 Å². The van der Waals surface area contributed by atoms with Gasteiger partial charge < -0.3 is 10.2 Å². The summed E-state index contributed by atoms with van der Waals surface area (Å²) < 4.78 is 1.34. The first-order valence-electron chi connectivity index (χ1n) is 3.25. The van der Waals surface area contributed by atoms with Crippen LogP contribution >= 0.6 is 0 Å². The third kappa shape index (κ3) is 0.714. The molecule has 0 bridgehead atoms. The van der Waals surface area contributed by atoms with E-state index >= 15 is 0 Å². The monoisotopic (exact) mass is 166 g/mol. The molecule has 0 fully saturated rings. The molecule has 0 aromatic heterocycles. The van der Waals surface area contributed by atoms with Crippen molar-refractivity contribution in [1.29, 1.82) is 0 Å². The number of rotatable bonds is 0. The predicted octanol–water partition coefficient (Wildman–Crippen LogP) is -0.274. The summed E-state index contributed by atoms with van der Waals surface area (Å²) in [6.07, 6.45) is 1.30. The summed E-state index contributed by atoms with van der Waals surface area (Å²) in [5.41, 5.74) is 0.287. The average molecular weight is 166 g/mol. The average Bonchev–Trinajstić information content (AvgIpc) is 2.48. The zero-order chi connectivity index (χ0) is 8.72. The molecule has 0 radical (unpaired) electrons. The molecule has 0 aliphatic carbocycles. The fourth-order valence-corrected chi connectivity index (χ4v) is 0.981. The summed E-state index contributed by atoms with van der Waals surface area (Å²) in [4.78, 5) is 11.0. The second-order valence-electron chi connectivity index (χ2n) is 2.34. The molecule has 12 heavy (non-hydrogen) atoms. The fourth-order valence-electron chi connectivity index (χ4n) is 0.981. The molecule has 2 heterocycles. The van der Waals surface area contributed by atoms with Crippen molar-refractivity contribution < 1.29 is 10.2 Å². The second-order valence-corrected chi connectivity index (χ2v) is 2.34. The van der Waals surface area contributed by atoms with Gasteiger partial charge in [0.15, 0.2) is 11.5 Å². The summed E-state index contributed by atoms with van der Waals surface area (Å²) in [5, 5.41) is 18.3. The maximum Gasteiger partial charge on any atom is 0.298 e. The summed E-state index contributed by atoms with van der Waals surface area (Å²) >= 11 is 0. The molecule has 62 valence electrons. The highest BCUT2D eigenvalue weighted by atomic mass is 16.3. The van der Waals surface area contributed by atoms with E-state index in [-0.39, 0.29) is 17.6 Å². The summed E-state index contributed by atoms with van der Waals surface area (Å²) in [7, 11) is 1.58. The standard InChI is InChI=1S/C6H6N4O2/c1-10-4-3(7-2-8-4)5(11)9-6(10)12/h2,11H,1H3,(H,9,12). The van der Waals surface area contributed by atoms with Crippen LogP contribution in [0.1, 0.15) is 0 Å². The van der Waals surface area contributed by atoms with Gasteiger partial charge in [-0.15, -0.1) is 0 Å². The Kier molecular flexibility index (Phi) is 1.18. The lowest BCUT2D eigenvalue weighted by Gasteiger charge is -2.06. The minimum absolute atomic E-state index is 0.287. The summed E-state index contributed by atoms with van der Waals surface area (Å²) in [5.74, 6) is 0.0955.